The minimum absolute atomic E-state index is 0. The van der Waals surface area contributed by atoms with Crippen molar-refractivity contribution < 1.29 is 45.1 Å². The summed E-state index contributed by atoms with van der Waals surface area (Å²) < 4.78 is 4.53. The van der Waals surface area contributed by atoms with E-state index in [9.17, 15) is 0 Å². The van der Waals surface area contributed by atoms with E-state index in [4.69, 9.17) is 0 Å². The third-order valence-electron chi connectivity index (χ3n) is 14.4. The summed E-state index contributed by atoms with van der Waals surface area (Å²) in [4.78, 5) is 0. The second-order valence-corrected chi connectivity index (χ2v) is 31.2. The van der Waals surface area contributed by atoms with E-state index in [1.807, 2.05) is 11.1 Å². The van der Waals surface area contributed by atoms with Crippen molar-refractivity contribution in [1.29, 1.82) is 0 Å². The Bertz CT molecular complexity index is 1910. The van der Waals surface area contributed by atoms with Crippen LogP contribution in [0.5, 0.6) is 0 Å². The van der Waals surface area contributed by atoms with Gasteiger partial charge in [-0.05, 0) is 0 Å². The number of allylic oxidation sites excluding steroid dienone is 2. The van der Waals surface area contributed by atoms with Crippen LogP contribution in [-0.2, 0) is 31.1 Å². The van der Waals surface area contributed by atoms with Crippen LogP contribution in [0.2, 0.25) is 8.26 Å². The molecule has 1 saturated heterocycles. The summed E-state index contributed by atoms with van der Waals surface area (Å²) in [5.41, 5.74) is 19.3. The largest absolute Gasteiger partial charge is 1.00 e. The van der Waals surface area contributed by atoms with Gasteiger partial charge in [-0.2, -0.15) is 0 Å². The zero-order chi connectivity index (χ0) is 36.5. The molecule has 4 aliphatic carbocycles. The maximum Gasteiger partial charge on any atom is -1.00 e. The van der Waals surface area contributed by atoms with E-state index < -0.39 is 20.3 Å². The summed E-state index contributed by atoms with van der Waals surface area (Å²) >= 11 is -2.91. The first-order valence-electron chi connectivity index (χ1n) is 21.4. The first-order chi connectivity index (χ1) is 25.5. The summed E-state index contributed by atoms with van der Waals surface area (Å²) in [5, 5.41) is 0. The van der Waals surface area contributed by atoms with Gasteiger partial charge in [0.15, 0.2) is 0 Å². The molecule has 2 atom stereocenters. The van der Waals surface area contributed by atoms with E-state index in [2.05, 4.69) is 139 Å². The van der Waals surface area contributed by atoms with Crippen LogP contribution in [0.1, 0.15) is 146 Å². The molecule has 0 aromatic heterocycles. The molecule has 3 fully saturated rings. The van der Waals surface area contributed by atoms with E-state index in [1.165, 1.54) is 97.6 Å². The Hall–Kier alpha value is -2.18. The van der Waals surface area contributed by atoms with Crippen molar-refractivity contribution in [3.63, 3.8) is 0 Å². The first-order valence-corrected chi connectivity index (χ1v) is 27.7. The molecule has 0 bridgehead atoms. The second-order valence-electron chi connectivity index (χ2n) is 19.8. The van der Waals surface area contributed by atoms with E-state index in [0.29, 0.717) is 7.25 Å². The summed E-state index contributed by atoms with van der Waals surface area (Å²) in [6.45, 7) is 14.0. The van der Waals surface area contributed by atoms with Crippen molar-refractivity contribution in [3.8, 4) is 22.3 Å². The Morgan fingerprint density at radius 2 is 0.818 bits per heavy atom. The Kier molecular flexibility index (Phi) is 11.8. The van der Waals surface area contributed by atoms with Crippen molar-refractivity contribution in [1.82, 2.24) is 0 Å². The van der Waals surface area contributed by atoms with Crippen molar-refractivity contribution in [2.24, 2.45) is 11.8 Å². The van der Waals surface area contributed by atoms with Crippen LogP contribution < -0.4 is 24.8 Å². The summed E-state index contributed by atoms with van der Waals surface area (Å²) in [5.74, 6) is 1.53. The van der Waals surface area contributed by atoms with Gasteiger partial charge in [-0.1, -0.05) is 0 Å². The minimum atomic E-state index is -2.91. The predicted octanol–water partition coefficient (Wildman–Crippen LogP) is 9.36. The fourth-order valence-electron chi connectivity index (χ4n) is 11.4. The molecule has 4 aromatic carbocycles. The van der Waals surface area contributed by atoms with Gasteiger partial charge in [0, 0.05) is 0 Å². The third-order valence-corrected chi connectivity index (χ3v) is 27.3. The van der Waals surface area contributed by atoms with Gasteiger partial charge < -0.3 is 24.8 Å². The summed E-state index contributed by atoms with van der Waals surface area (Å²) in [6, 6.07) is 34.2. The monoisotopic (exact) mass is 846 g/mol. The fourth-order valence-corrected chi connectivity index (χ4v) is 29.1. The van der Waals surface area contributed by atoms with Gasteiger partial charge in [0.25, 0.3) is 0 Å². The van der Waals surface area contributed by atoms with Crippen LogP contribution in [0.3, 0.4) is 0 Å². The van der Waals surface area contributed by atoms with E-state index >= 15 is 0 Å². The molecule has 0 N–H and O–H groups in total. The molecular formula is C52H62Cl2Zr. The molecule has 0 nitrogen and oxygen atoms in total. The zero-order valence-corrected chi connectivity index (χ0v) is 38.3. The number of halogens is 2. The van der Waals surface area contributed by atoms with Crippen LogP contribution in [0, 0.1) is 11.8 Å². The second kappa shape index (κ2) is 15.9. The molecule has 5 aliphatic rings. The van der Waals surface area contributed by atoms with E-state index in [1.54, 1.807) is 30.5 Å². The number of hydrogen-bond acceptors (Lipinski definition) is 0. The quantitative estimate of drug-likeness (QED) is 0.182. The van der Waals surface area contributed by atoms with Gasteiger partial charge in [-0.25, -0.2) is 0 Å². The van der Waals surface area contributed by atoms with Crippen LogP contribution in [0.25, 0.3) is 34.4 Å². The molecule has 4 aromatic rings. The van der Waals surface area contributed by atoms with Crippen molar-refractivity contribution in [2.45, 2.75) is 132 Å². The van der Waals surface area contributed by atoms with Crippen LogP contribution >= 0.6 is 0 Å². The smallest absolute Gasteiger partial charge is 1.00 e. The molecule has 2 unspecified atom stereocenters. The van der Waals surface area contributed by atoms with E-state index in [0.717, 1.165) is 11.8 Å². The molecule has 2 saturated carbocycles. The topological polar surface area (TPSA) is 0 Å². The molecule has 1 heterocycles. The minimum Gasteiger partial charge on any atom is -1.00 e. The average molecular weight is 849 g/mol. The van der Waals surface area contributed by atoms with Crippen molar-refractivity contribution >= 4 is 12.2 Å². The number of benzene rings is 4. The third kappa shape index (κ3) is 7.52. The molecule has 0 amide bonds. The number of rotatable bonds is 6. The van der Waals surface area contributed by atoms with E-state index in [-0.39, 0.29) is 35.6 Å². The predicted molar refractivity (Wildman–Crippen MR) is 225 cm³/mol. The molecule has 9 rings (SSSR count). The van der Waals surface area contributed by atoms with Crippen LogP contribution in [-0.4, -0.2) is 0 Å². The maximum absolute atomic E-state index is 2.91. The van der Waals surface area contributed by atoms with Crippen molar-refractivity contribution in [3.05, 3.63) is 129 Å². The number of hydrogen-bond donors (Lipinski definition) is 0. The number of fused-ring (bicyclic) bond motifs is 2. The Morgan fingerprint density at radius 3 is 1.15 bits per heavy atom. The molecule has 3 heteroatoms. The average Bonchev–Trinajstić information content (AvgIpc) is 3.69. The van der Waals surface area contributed by atoms with Gasteiger partial charge in [0.1, 0.15) is 0 Å². The Balaban J connectivity index is 0.00000233. The van der Waals surface area contributed by atoms with Gasteiger partial charge in [0.2, 0.25) is 0 Å². The fraction of sp³-hybridized carbons (Fsp3) is 0.462. The SMILES string of the molecule is CC(C)(C)c1ccc(-c2cccc3c2C=C(C2CCCCC2)[CH]3[Zr+2]2([CH]3C(C4CCCCC4)=Cc4c(-c5ccc(C(C)(C)C)cc5)cccc43)[CH2][CH2]2)cc1.[Cl-].[Cl-]. The molecule has 1 aliphatic heterocycles. The molecule has 288 valence electrons. The standard InChI is InChI=1S/2C25H29.C2H4.2ClH.Zr/c2*1-25(2,3)22-14-12-19(13-15-22)23-11-7-10-20-16-21(17-24(20)23)18-8-5-4-6-9-18;1-2;;;/h2*7,10-18H,4-6,8-9H2,1-3H3;1-2H2;2*1H;/q;;;;;+2/p-2. The molecule has 0 spiro atoms. The Morgan fingerprint density at radius 1 is 0.455 bits per heavy atom. The van der Waals surface area contributed by atoms with Gasteiger partial charge in [0.05, 0.1) is 0 Å². The molecular weight excluding hydrogens is 787 g/mol. The van der Waals surface area contributed by atoms with Gasteiger partial charge >= 0.3 is 328 Å². The maximum atomic E-state index is 2.80. The summed E-state index contributed by atoms with van der Waals surface area (Å²) in [7, 11) is 0. The van der Waals surface area contributed by atoms with Gasteiger partial charge in [-0.15, -0.1) is 0 Å². The summed E-state index contributed by atoms with van der Waals surface area (Å²) in [6.07, 6.45) is 19.7. The van der Waals surface area contributed by atoms with Crippen LogP contribution in [0.15, 0.2) is 96.1 Å². The molecule has 0 radical (unpaired) electrons. The molecule has 55 heavy (non-hydrogen) atoms. The normalized spacial score (nSPS) is 21.6. The first kappa shape index (κ1) is 41.0. The zero-order valence-electron chi connectivity index (χ0n) is 34.3. The van der Waals surface area contributed by atoms with Crippen molar-refractivity contribution in [2.75, 3.05) is 0 Å². The Labute approximate surface area is 350 Å². The van der Waals surface area contributed by atoms with Crippen LogP contribution in [0.4, 0.5) is 0 Å². The van der Waals surface area contributed by atoms with Gasteiger partial charge in [-0.3, -0.25) is 0 Å².